The van der Waals surface area contributed by atoms with Crippen molar-refractivity contribution in [3.8, 4) is 0 Å². The highest BCUT2D eigenvalue weighted by atomic mass is 16.5. The molecule has 0 aromatic rings. The summed E-state index contributed by atoms with van der Waals surface area (Å²) in [4.78, 5) is 36.0. The molecule has 0 saturated heterocycles. The van der Waals surface area contributed by atoms with Gasteiger partial charge in [-0.05, 0) is 12.8 Å². The zero-order chi connectivity index (χ0) is 33.3. The van der Waals surface area contributed by atoms with Crippen molar-refractivity contribution in [1.82, 2.24) is 0 Å². The van der Waals surface area contributed by atoms with Crippen LogP contribution in [0.25, 0.3) is 0 Å². The van der Waals surface area contributed by atoms with Gasteiger partial charge in [0.05, 0.1) is 26.1 Å². The van der Waals surface area contributed by atoms with Crippen LogP contribution in [0.15, 0.2) is 0 Å². The van der Waals surface area contributed by atoms with Crippen LogP contribution in [0, 0.1) is 0 Å². The number of hydrogen-bond donors (Lipinski definition) is 2. The van der Waals surface area contributed by atoms with Gasteiger partial charge in [-0.2, -0.15) is 0 Å². The van der Waals surface area contributed by atoms with Gasteiger partial charge in [-0.3, -0.25) is 9.59 Å². The fourth-order valence-electron chi connectivity index (χ4n) is 5.76. The van der Waals surface area contributed by atoms with Gasteiger partial charge in [0, 0.05) is 0 Å². The highest BCUT2D eigenvalue weighted by molar-refractivity contribution is 5.89. The number of rotatable bonds is 35. The van der Waals surface area contributed by atoms with Gasteiger partial charge in [0.1, 0.15) is 0 Å². The number of carboxylic acids is 1. The molecular weight excluding hydrogens is 568 g/mol. The van der Waals surface area contributed by atoms with Crippen molar-refractivity contribution < 1.29 is 34.1 Å². The Morgan fingerprint density at radius 2 is 0.644 bits per heavy atom. The zero-order valence-electron chi connectivity index (χ0n) is 29.6. The summed E-state index contributed by atoms with van der Waals surface area (Å²) in [5.74, 6) is -3.24. The number of hydrogen-bond acceptors (Lipinski definition) is 6. The standard InChI is InChI=1S/C38H72O7/c1-3-5-7-9-11-13-15-17-19-21-23-25-27-29-31-44-35(39)33-38(43,37(41)42)34-36(40)45-32-30-28-26-24-22-20-18-16-14-12-10-8-6-4-2/h43H,3-34H2,1-2H3,(H,41,42). The van der Waals surface area contributed by atoms with E-state index in [1.54, 1.807) is 0 Å². The van der Waals surface area contributed by atoms with Crippen LogP contribution in [-0.4, -0.2) is 46.9 Å². The molecule has 2 N–H and O–H groups in total. The van der Waals surface area contributed by atoms with Crippen LogP contribution in [0.4, 0.5) is 0 Å². The van der Waals surface area contributed by atoms with Crippen molar-refractivity contribution in [2.24, 2.45) is 0 Å². The topological polar surface area (TPSA) is 110 Å². The molecule has 0 atom stereocenters. The van der Waals surface area contributed by atoms with Gasteiger partial charge < -0.3 is 19.7 Å². The summed E-state index contributed by atoms with van der Waals surface area (Å²) in [6, 6.07) is 0. The summed E-state index contributed by atoms with van der Waals surface area (Å²) in [6.45, 7) is 4.88. The van der Waals surface area contributed by atoms with E-state index in [0.29, 0.717) is 12.8 Å². The van der Waals surface area contributed by atoms with Crippen molar-refractivity contribution in [2.45, 2.75) is 212 Å². The molecule has 0 aliphatic rings. The first kappa shape index (κ1) is 43.4. The highest BCUT2D eigenvalue weighted by Crippen LogP contribution is 2.19. The molecule has 0 aromatic heterocycles. The predicted octanol–water partition coefficient (Wildman–Crippen LogP) is 10.6. The van der Waals surface area contributed by atoms with Crippen LogP contribution in [0.5, 0.6) is 0 Å². The van der Waals surface area contributed by atoms with E-state index in [1.807, 2.05) is 0 Å². The maximum Gasteiger partial charge on any atom is 0.336 e. The zero-order valence-corrected chi connectivity index (χ0v) is 29.6. The Morgan fingerprint density at radius 3 is 0.867 bits per heavy atom. The normalized spacial score (nSPS) is 11.5. The van der Waals surface area contributed by atoms with E-state index in [1.165, 1.54) is 141 Å². The smallest absolute Gasteiger partial charge is 0.336 e. The fourth-order valence-corrected chi connectivity index (χ4v) is 5.76. The van der Waals surface area contributed by atoms with Crippen LogP contribution in [-0.2, 0) is 23.9 Å². The first-order valence-electron chi connectivity index (χ1n) is 19.1. The van der Waals surface area contributed by atoms with Crippen LogP contribution < -0.4 is 0 Å². The Hall–Kier alpha value is -1.63. The van der Waals surface area contributed by atoms with Gasteiger partial charge in [-0.25, -0.2) is 4.79 Å². The molecule has 0 radical (unpaired) electrons. The molecule has 45 heavy (non-hydrogen) atoms. The van der Waals surface area contributed by atoms with E-state index in [9.17, 15) is 24.6 Å². The number of esters is 2. The first-order valence-corrected chi connectivity index (χ1v) is 19.1. The van der Waals surface area contributed by atoms with E-state index in [-0.39, 0.29) is 13.2 Å². The van der Waals surface area contributed by atoms with E-state index in [0.717, 1.165) is 25.7 Å². The Labute approximate surface area is 277 Å². The van der Waals surface area contributed by atoms with Gasteiger partial charge in [0.15, 0.2) is 5.60 Å². The molecular formula is C38H72O7. The second kappa shape index (κ2) is 32.3. The van der Waals surface area contributed by atoms with E-state index in [4.69, 9.17) is 9.47 Å². The molecule has 0 fully saturated rings. The van der Waals surface area contributed by atoms with E-state index >= 15 is 0 Å². The number of unbranched alkanes of at least 4 members (excludes halogenated alkanes) is 26. The van der Waals surface area contributed by atoms with Gasteiger partial charge in [-0.1, -0.05) is 181 Å². The van der Waals surface area contributed by atoms with Crippen molar-refractivity contribution in [2.75, 3.05) is 13.2 Å². The summed E-state index contributed by atoms with van der Waals surface area (Å²) in [5, 5.41) is 20.0. The molecule has 7 heteroatoms. The van der Waals surface area contributed by atoms with Crippen molar-refractivity contribution in [1.29, 1.82) is 0 Å². The molecule has 0 bridgehead atoms. The van der Waals surface area contributed by atoms with Gasteiger partial charge in [-0.15, -0.1) is 0 Å². The van der Waals surface area contributed by atoms with E-state index < -0.39 is 36.4 Å². The molecule has 7 nitrogen and oxygen atoms in total. The van der Waals surface area contributed by atoms with Crippen molar-refractivity contribution in [3.63, 3.8) is 0 Å². The summed E-state index contributed by atoms with van der Waals surface area (Å²) >= 11 is 0. The molecule has 0 amide bonds. The lowest BCUT2D eigenvalue weighted by molar-refractivity contribution is -0.173. The molecule has 0 rings (SSSR count). The van der Waals surface area contributed by atoms with E-state index in [2.05, 4.69) is 13.8 Å². The second-order valence-electron chi connectivity index (χ2n) is 13.3. The minimum atomic E-state index is -2.51. The Kier molecular flexibility index (Phi) is 31.1. The average molecular weight is 641 g/mol. The number of carbonyl (C=O) groups excluding carboxylic acids is 2. The van der Waals surface area contributed by atoms with Crippen molar-refractivity contribution in [3.05, 3.63) is 0 Å². The quantitative estimate of drug-likeness (QED) is 0.0524. The third-order valence-corrected chi connectivity index (χ3v) is 8.79. The molecule has 0 unspecified atom stereocenters. The van der Waals surface area contributed by atoms with Gasteiger partial charge in [0.2, 0.25) is 0 Å². The second-order valence-corrected chi connectivity index (χ2v) is 13.3. The number of carbonyl (C=O) groups is 3. The van der Waals surface area contributed by atoms with Crippen LogP contribution >= 0.6 is 0 Å². The fraction of sp³-hybridized carbons (Fsp3) is 0.921. The lowest BCUT2D eigenvalue weighted by Gasteiger charge is -2.21. The maximum atomic E-state index is 12.2. The molecule has 0 aliphatic heterocycles. The Morgan fingerprint density at radius 1 is 0.422 bits per heavy atom. The van der Waals surface area contributed by atoms with Crippen LogP contribution in [0.3, 0.4) is 0 Å². The molecule has 266 valence electrons. The molecule has 0 heterocycles. The minimum absolute atomic E-state index is 0.191. The predicted molar refractivity (Wildman–Crippen MR) is 184 cm³/mol. The number of carboxylic acid groups (broad SMARTS) is 1. The molecule has 0 saturated carbocycles. The molecule has 0 aliphatic carbocycles. The maximum absolute atomic E-state index is 12.2. The third kappa shape index (κ3) is 29.5. The molecule has 0 spiro atoms. The monoisotopic (exact) mass is 641 g/mol. The van der Waals surface area contributed by atoms with Crippen LogP contribution in [0.2, 0.25) is 0 Å². The Balaban J connectivity index is 3.77. The number of ether oxygens (including phenoxy) is 2. The summed E-state index contributed by atoms with van der Waals surface area (Å²) in [6.07, 6.45) is 32.8. The summed E-state index contributed by atoms with van der Waals surface area (Å²) in [7, 11) is 0. The average Bonchev–Trinajstić information content (AvgIpc) is 3.00. The first-order chi connectivity index (χ1) is 21.9. The minimum Gasteiger partial charge on any atom is -0.479 e. The highest BCUT2D eigenvalue weighted by Gasteiger charge is 2.42. The Bertz CT molecular complexity index is 646. The number of aliphatic carboxylic acids is 1. The SMILES string of the molecule is CCCCCCCCCCCCCCCCOC(=O)CC(O)(CC(=O)OCCCCCCCCCCCCCCCC)C(=O)O. The third-order valence-electron chi connectivity index (χ3n) is 8.79. The van der Waals surface area contributed by atoms with Crippen LogP contribution in [0.1, 0.15) is 206 Å². The molecule has 0 aromatic carbocycles. The van der Waals surface area contributed by atoms with Gasteiger partial charge >= 0.3 is 17.9 Å². The lowest BCUT2D eigenvalue weighted by Crippen LogP contribution is -2.43. The summed E-state index contributed by atoms with van der Waals surface area (Å²) < 4.78 is 10.3. The summed E-state index contributed by atoms with van der Waals surface area (Å²) in [5.41, 5.74) is -2.51. The number of aliphatic hydroxyl groups is 1. The van der Waals surface area contributed by atoms with Gasteiger partial charge in [0.25, 0.3) is 0 Å². The van der Waals surface area contributed by atoms with Crippen molar-refractivity contribution >= 4 is 17.9 Å². The largest absolute Gasteiger partial charge is 0.479 e. The lowest BCUT2D eigenvalue weighted by atomic mass is 9.96.